The minimum absolute atomic E-state index is 0.291. The molecule has 0 aliphatic heterocycles. The van der Waals surface area contributed by atoms with Crippen molar-refractivity contribution in [2.45, 2.75) is 13.8 Å². The van der Waals surface area contributed by atoms with Crippen LogP contribution >= 0.6 is 0 Å². The van der Waals surface area contributed by atoms with Crippen LogP contribution in [0.15, 0.2) is 53.5 Å². The summed E-state index contributed by atoms with van der Waals surface area (Å²) in [4.78, 5) is 31.4. The van der Waals surface area contributed by atoms with Crippen molar-refractivity contribution in [1.29, 1.82) is 0 Å². The number of benzene rings is 2. The van der Waals surface area contributed by atoms with E-state index >= 15 is 0 Å². The molecular formula is C25H22N4O3. The lowest BCUT2D eigenvalue weighted by Gasteiger charge is -2.14. The van der Waals surface area contributed by atoms with Gasteiger partial charge in [0.25, 0.3) is 11.5 Å². The molecule has 2 aromatic heterocycles. The summed E-state index contributed by atoms with van der Waals surface area (Å²) >= 11 is 0. The third-order valence-corrected chi connectivity index (χ3v) is 5.00. The fourth-order valence-electron chi connectivity index (χ4n) is 3.70. The zero-order chi connectivity index (χ0) is 22.7. The lowest BCUT2D eigenvalue weighted by atomic mass is 9.98. The number of para-hydroxylation sites is 1. The van der Waals surface area contributed by atoms with Crippen molar-refractivity contribution in [2.24, 2.45) is 5.73 Å². The number of nitrogens with zero attached hydrogens (tertiary/aromatic N) is 1. The molecule has 0 unspecified atom stereocenters. The summed E-state index contributed by atoms with van der Waals surface area (Å²) in [7, 11) is 0. The van der Waals surface area contributed by atoms with Gasteiger partial charge in [0.2, 0.25) is 0 Å². The van der Waals surface area contributed by atoms with Crippen molar-refractivity contribution in [3.8, 4) is 28.7 Å². The first-order chi connectivity index (χ1) is 15.5. The van der Waals surface area contributed by atoms with Crippen molar-refractivity contribution in [3.63, 3.8) is 0 Å². The van der Waals surface area contributed by atoms with E-state index in [1.807, 2.05) is 56.3 Å². The van der Waals surface area contributed by atoms with Gasteiger partial charge in [-0.1, -0.05) is 36.3 Å². The van der Waals surface area contributed by atoms with Gasteiger partial charge in [0.15, 0.2) is 0 Å². The van der Waals surface area contributed by atoms with Gasteiger partial charge in [0.05, 0.1) is 23.1 Å². The molecule has 0 saturated carbocycles. The molecule has 4 rings (SSSR count). The van der Waals surface area contributed by atoms with Gasteiger partial charge in [0, 0.05) is 35.0 Å². The number of aromatic amines is 1. The molecule has 0 atom stereocenters. The minimum Gasteiger partial charge on any atom is -0.493 e. The molecule has 4 aromatic rings. The lowest BCUT2D eigenvalue weighted by Crippen LogP contribution is -2.11. The number of H-pyrrole nitrogens is 1. The van der Waals surface area contributed by atoms with Gasteiger partial charge in [-0.25, -0.2) is 4.98 Å². The Balaban J connectivity index is 2.08. The maximum absolute atomic E-state index is 12.9. The fourth-order valence-corrected chi connectivity index (χ4v) is 3.70. The predicted octanol–water partition coefficient (Wildman–Crippen LogP) is 3.41. The third kappa shape index (κ3) is 3.86. The SMILES string of the molecule is CCNc1nc2c(C#CC(N)=O)c[nH]c(=O)c2c2cc(-c3ccccc3OCC)ccc12. The molecule has 2 aromatic carbocycles. The number of ether oxygens (including phenoxy) is 1. The van der Waals surface area contributed by atoms with Crippen LogP contribution in [0, 0.1) is 11.8 Å². The quantitative estimate of drug-likeness (QED) is 0.335. The number of fused-ring (bicyclic) bond motifs is 3. The Morgan fingerprint density at radius 2 is 2.00 bits per heavy atom. The summed E-state index contributed by atoms with van der Waals surface area (Å²) in [5, 5.41) is 5.18. The zero-order valence-corrected chi connectivity index (χ0v) is 17.8. The van der Waals surface area contributed by atoms with Gasteiger partial charge in [-0.3, -0.25) is 9.59 Å². The molecule has 1 amide bonds. The molecule has 0 saturated heterocycles. The molecule has 0 aliphatic carbocycles. The molecule has 7 heteroatoms. The summed E-state index contributed by atoms with van der Waals surface area (Å²) in [5.74, 6) is 5.68. The molecule has 7 nitrogen and oxygen atoms in total. The third-order valence-electron chi connectivity index (χ3n) is 5.00. The number of carbonyl (C=O) groups is 1. The Morgan fingerprint density at radius 1 is 1.19 bits per heavy atom. The molecule has 4 N–H and O–H groups in total. The van der Waals surface area contributed by atoms with Crippen LogP contribution < -0.4 is 21.3 Å². The molecule has 0 spiro atoms. The highest BCUT2D eigenvalue weighted by Gasteiger charge is 2.15. The van der Waals surface area contributed by atoms with Gasteiger partial charge in [-0.15, -0.1) is 0 Å². The molecule has 2 heterocycles. The number of hydrogen-bond donors (Lipinski definition) is 3. The summed E-state index contributed by atoms with van der Waals surface area (Å²) in [6.45, 7) is 5.10. The number of rotatable bonds is 5. The van der Waals surface area contributed by atoms with Crippen LogP contribution in [0.25, 0.3) is 32.8 Å². The predicted molar refractivity (Wildman–Crippen MR) is 127 cm³/mol. The largest absolute Gasteiger partial charge is 0.493 e. The second-order valence-electron chi connectivity index (χ2n) is 7.05. The van der Waals surface area contributed by atoms with Gasteiger partial charge in [0.1, 0.15) is 11.6 Å². The Bertz CT molecular complexity index is 1460. The number of hydrogen-bond acceptors (Lipinski definition) is 5. The average molecular weight is 426 g/mol. The van der Waals surface area contributed by atoms with Crippen molar-refractivity contribution in [3.05, 3.63) is 64.6 Å². The molecule has 0 radical (unpaired) electrons. The molecule has 0 aliphatic rings. The highest BCUT2D eigenvalue weighted by molar-refractivity contribution is 6.12. The second kappa shape index (κ2) is 8.82. The van der Waals surface area contributed by atoms with Crippen molar-refractivity contribution < 1.29 is 9.53 Å². The van der Waals surface area contributed by atoms with Crippen LogP contribution in [0.5, 0.6) is 5.75 Å². The van der Waals surface area contributed by atoms with Crippen molar-refractivity contribution in [2.75, 3.05) is 18.5 Å². The molecule has 32 heavy (non-hydrogen) atoms. The summed E-state index contributed by atoms with van der Waals surface area (Å²) < 4.78 is 5.80. The van der Waals surface area contributed by atoms with Crippen molar-refractivity contribution in [1.82, 2.24) is 9.97 Å². The Hall–Kier alpha value is -4.31. The first kappa shape index (κ1) is 20.9. The maximum atomic E-state index is 12.9. The summed E-state index contributed by atoms with van der Waals surface area (Å²) in [5.41, 5.74) is 7.54. The first-order valence-corrected chi connectivity index (χ1v) is 10.3. The smallest absolute Gasteiger partial charge is 0.293 e. The van der Waals surface area contributed by atoms with E-state index in [0.717, 1.165) is 27.6 Å². The molecular weight excluding hydrogens is 404 g/mol. The maximum Gasteiger partial charge on any atom is 0.293 e. The van der Waals surface area contributed by atoms with Crippen LogP contribution in [-0.4, -0.2) is 29.0 Å². The van der Waals surface area contributed by atoms with E-state index in [1.165, 1.54) is 6.20 Å². The fraction of sp³-hybridized carbons (Fsp3) is 0.160. The van der Waals surface area contributed by atoms with Gasteiger partial charge >= 0.3 is 0 Å². The lowest BCUT2D eigenvalue weighted by molar-refractivity contribution is -0.112. The van der Waals surface area contributed by atoms with Crippen LogP contribution in [0.3, 0.4) is 0 Å². The number of pyridine rings is 2. The van der Waals surface area contributed by atoms with Crippen LogP contribution in [-0.2, 0) is 4.79 Å². The van der Waals surface area contributed by atoms with Crippen LogP contribution in [0.2, 0.25) is 0 Å². The highest BCUT2D eigenvalue weighted by atomic mass is 16.5. The summed E-state index contributed by atoms with van der Waals surface area (Å²) in [6, 6.07) is 13.7. The second-order valence-corrected chi connectivity index (χ2v) is 7.05. The van der Waals surface area contributed by atoms with E-state index in [1.54, 1.807) is 0 Å². The number of carbonyl (C=O) groups excluding carboxylic acids is 1. The number of nitrogens with two attached hydrogens (primary N) is 1. The van der Waals surface area contributed by atoms with Crippen molar-refractivity contribution >= 4 is 33.4 Å². The van der Waals surface area contributed by atoms with E-state index < -0.39 is 5.91 Å². The molecule has 0 bridgehead atoms. The number of aromatic nitrogens is 2. The summed E-state index contributed by atoms with van der Waals surface area (Å²) in [6.07, 6.45) is 1.45. The highest BCUT2D eigenvalue weighted by Crippen LogP contribution is 2.35. The van der Waals surface area contributed by atoms with Crippen LogP contribution in [0.1, 0.15) is 19.4 Å². The first-order valence-electron chi connectivity index (χ1n) is 10.3. The Kier molecular flexibility index (Phi) is 5.77. The van der Waals surface area contributed by atoms with E-state index in [4.69, 9.17) is 10.5 Å². The monoisotopic (exact) mass is 426 g/mol. The minimum atomic E-state index is -0.758. The van der Waals surface area contributed by atoms with Gasteiger partial charge in [-0.05, 0) is 31.5 Å². The van der Waals surface area contributed by atoms with E-state index in [9.17, 15) is 9.59 Å². The van der Waals surface area contributed by atoms with E-state index in [2.05, 4.69) is 27.1 Å². The Morgan fingerprint density at radius 3 is 2.75 bits per heavy atom. The number of nitrogens with one attached hydrogen (secondary N) is 2. The topological polar surface area (TPSA) is 110 Å². The molecule has 160 valence electrons. The average Bonchev–Trinajstić information content (AvgIpc) is 2.79. The van der Waals surface area contributed by atoms with Gasteiger partial charge in [-0.2, -0.15) is 0 Å². The Labute approximate surface area is 184 Å². The zero-order valence-electron chi connectivity index (χ0n) is 17.8. The van der Waals surface area contributed by atoms with Crippen LogP contribution in [0.4, 0.5) is 5.82 Å². The number of anilines is 1. The van der Waals surface area contributed by atoms with E-state index in [0.29, 0.717) is 35.4 Å². The van der Waals surface area contributed by atoms with E-state index in [-0.39, 0.29) is 5.56 Å². The standard InChI is InChI=1S/C25H22N4O3/c1-3-27-24-18-11-9-15(17-7-5-6-8-20(17)32-4-2)13-19(18)22-23(29-24)16(10-12-21(26)30)14-28-25(22)31/h5-9,11,13-14H,3-4H2,1-2H3,(H2,26,30)(H,27,29)(H,28,31). The number of primary amides is 1. The number of amides is 1. The van der Waals surface area contributed by atoms with Gasteiger partial charge < -0.3 is 20.8 Å². The normalized spacial score (nSPS) is 10.6. The molecule has 0 fully saturated rings.